The van der Waals surface area contributed by atoms with Crippen LogP contribution in [0, 0.1) is 5.92 Å². The lowest BCUT2D eigenvalue weighted by Gasteiger charge is -2.36. The highest BCUT2D eigenvalue weighted by Crippen LogP contribution is 2.23. The molecule has 1 unspecified atom stereocenters. The summed E-state index contributed by atoms with van der Waals surface area (Å²) >= 11 is 0. The van der Waals surface area contributed by atoms with Crippen LogP contribution in [0.3, 0.4) is 0 Å². The third kappa shape index (κ3) is 5.24. The molecule has 3 rings (SSSR count). The summed E-state index contributed by atoms with van der Waals surface area (Å²) in [6.07, 6.45) is 4.36. The maximum atomic E-state index is 12.9. The first-order valence-electron chi connectivity index (χ1n) is 10.3. The quantitative estimate of drug-likeness (QED) is 0.748. The van der Waals surface area contributed by atoms with Crippen LogP contribution in [0.5, 0.6) is 5.75 Å². The fourth-order valence-corrected chi connectivity index (χ4v) is 5.60. The van der Waals surface area contributed by atoms with Gasteiger partial charge >= 0.3 is 0 Å². The van der Waals surface area contributed by atoms with Crippen LogP contribution in [-0.4, -0.2) is 55.7 Å². The molecule has 1 amide bonds. The van der Waals surface area contributed by atoms with Gasteiger partial charge in [-0.1, -0.05) is 18.6 Å². The summed E-state index contributed by atoms with van der Waals surface area (Å²) < 4.78 is 34.3. The van der Waals surface area contributed by atoms with Crippen LogP contribution in [0.25, 0.3) is 0 Å². The number of benzene rings is 1. The molecule has 1 atom stereocenters. The summed E-state index contributed by atoms with van der Waals surface area (Å²) in [7, 11) is -3.46. The molecule has 0 spiro atoms. The SMILES string of the molecule is CCOc1ccc(CNC(=O)C2CCCN(S(=O)(=O)N3CCCCC3)C2)cc1. The highest BCUT2D eigenvalue weighted by atomic mass is 32.2. The molecule has 0 radical (unpaired) electrons. The zero-order valence-electron chi connectivity index (χ0n) is 16.6. The number of nitrogens with zero attached hydrogens (tertiary/aromatic N) is 2. The van der Waals surface area contributed by atoms with E-state index in [1.165, 1.54) is 4.31 Å². The first-order chi connectivity index (χ1) is 13.5. The lowest BCUT2D eigenvalue weighted by molar-refractivity contribution is -0.126. The van der Waals surface area contributed by atoms with Crippen molar-refractivity contribution in [2.75, 3.05) is 32.8 Å². The number of carbonyl (C=O) groups is 1. The van der Waals surface area contributed by atoms with Crippen molar-refractivity contribution in [3.8, 4) is 5.75 Å². The van der Waals surface area contributed by atoms with Gasteiger partial charge in [0.05, 0.1) is 12.5 Å². The van der Waals surface area contributed by atoms with E-state index in [0.717, 1.165) is 37.0 Å². The van der Waals surface area contributed by atoms with E-state index in [1.807, 2.05) is 31.2 Å². The average Bonchev–Trinajstić information content (AvgIpc) is 2.74. The van der Waals surface area contributed by atoms with Gasteiger partial charge < -0.3 is 10.1 Å². The number of piperidine rings is 2. The molecule has 28 heavy (non-hydrogen) atoms. The van der Waals surface area contributed by atoms with Crippen LogP contribution in [0.4, 0.5) is 0 Å². The maximum Gasteiger partial charge on any atom is 0.281 e. The monoisotopic (exact) mass is 409 g/mol. The molecule has 8 heteroatoms. The largest absolute Gasteiger partial charge is 0.494 e. The van der Waals surface area contributed by atoms with Gasteiger partial charge in [-0.15, -0.1) is 0 Å². The second-order valence-corrected chi connectivity index (χ2v) is 9.39. The van der Waals surface area contributed by atoms with Crippen LogP contribution in [-0.2, 0) is 21.5 Å². The number of amides is 1. The topological polar surface area (TPSA) is 79.0 Å². The van der Waals surface area contributed by atoms with E-state index in [0.29, 0.717) is 39.2 Å². The molecule has 1 N–H and O–H groups in total. The molecule has 2 aliphatic heterocycles. The normalized spacial score (nSPS) is 22.0. The highest BCUT2D eigenvalue weighted by Gasteiger charge is 2.36. The van der Waals surface area contributed by atoms with Gasteiger partial charge in [0.15, 0.2) is 0 Å². The Morgan fingerprint density at radius 3 is 2.43 bits per heavy atom. The molecular weight excluding hydrogens is 378 g/mol. The lowest BCUT2D eigenvalue weighted by Crippen LogP contribution is -2.51. The molecule has 0 aromatic heterocycles. The molecule has 156 valence electrons. The number of rotatable bonds is 7. The summed E-state index contributed by atoms with van der Waals surface area (Å²) in [4.78, 5) is 12.6. The molecule has 2 aliphatic rings. The van der Waals surface area contributed by atoms with Crippen molar-refractivity contribution in [1.82, 2.24) is 13.9 Å². The average molecular weight is 410 g/mol. The van der Waals surface area contributed by atoms with Crippen LogP contribution >= 0.6 is 0 Å². The first-order valence-corrected chi connectivity index (χ1v) is 11.6. The van der Waals surface area contributed by atoms with Crippen LogP contribution in [0.1, 0.15) is 44.6 Å². The van der Waals surface area contributed by atoms with E-state index in [2.05, 4.69) is 5.32 Å². The van der Waals surface area contributed by atoms with Gasteiger partial charge in [-0.3, -0.25) is 4.79 Å². The van der Waals surface area contributed by atoms with Gasteiger partial charge in [0.1, 0.15) is 5.75 Å². The van der Waals surface area contributed by atoms with Crippen molar-refractivity contribution in [2.24, 2.45) is 5.92 Å². The Morgan fingerprint density at radius 1 is 1.07 bits per heavy atom. The summed E-state index contributed by atoms with van der Waals surface area (Å²) in [5.41, 5.74) is 0.991. The number of carbonyl (C=O) groups excluding carboxylic acids is 1. The number of hydrogen-bond acceptors (Lipinski definition) is 4. The predicted molar refractivity (Wildman–Crippen MR) is 108 cm³/mol. The van der Waals surface area contributed by atoms with Gasteiger partial charge in [0.25, 0.3) is 10.2 Å². The minimum absolute atomic E-state index is 0.0765. The second kappa shape index (κ2) is 9.71. The molecule has 7 nitrogen and oxygen atoms in total. The summed E-state index contributed by atoms with van der Waals surface area (Å²) in [6, 6.07) is 7.63. The van der Waals surface area contributed by atoms with E-state index < -0.39 is 10.2 Å². The van der Waals surface area contributed by atoms with Crippen molar-refractivity contribution < 1.29 is 17.9 Å². The predicted octanol–water partition coefficient (Wildman–Crippen LogP) is 2.14. The van der Waals surface area contributed by atoms with Crippen LogP contribution in [0.2, 0.25) is 0 Å². The standard InChI is InChI=1S/C20H31N3O4S/c1-2-27-19-10-8-17(9-11-19)15-21-20(24)18-7-6-14-23(16-18)28(25,26)22-12-4-3-5-13-22/h8-11,18H,2-7,12-16H2,1H3,(H,21,24). The van der Waals surface area contributed by atoms with Gasteiger partial charge in [-0.05, 0) is 50.3 Å². The maximum absolute atomic E-state index is 12.9. The Hall–Kier alpha value is -1.64. The van der Waals surface area contributed by atoms with E-state index in [4.69, 9.17) is 4.74 Å². The van der Waals surface area contributed by atoms with E-state index in [9.17, 15) is 13.2 Å². The number of hydrogen-bond donors (Lipinski definition) is 1. The third-order valence-electron chi connectivity index (χ3n) is 5.42. The van der Waals surface area contributed by atoms with Gasteiger partial charge in [-0.2, -0.15) is 17.0 Å². The Kier molecular flexibility index (Phi) is 7.31. The first kappa shape index (κ1) is 21.1. The fraction of sp³-hybridized carbons (Fsp3) is 0.650. The van der Waals surface area contributed by atoms with Crippen molar-refractivity contribution in [3.63, 3.8) is 0 Å². The fourth-order valence-electron chi connectivity index (χ4n) is 3.83. The van der Waals surface area contributed by atoms with Crippen LogP contribution in [0.15, 0.2) is 24.3 Å². The van der Waals surface area contributed by atoms with Crippen molar-refractivity contribution >= 4 is 16.1 Å². The zero-order chi connectivity index (χ0) is 20.0. The van der Waals surface area contributed by atoms with Crippen molar-refractivity contribution in [3.05, 3.63) is 29.8 Å². The van der Waals surface area contributed by atoms with Crippen LogP contribution < -0.4 is 10.1 Å². The lowest BCUT2D eigenvalue weighted by atomic mass is 9.99. The van der Waals surface area contributed by atoms with Gasteiger partial charge in [0.2, 0.25) is 5.91 Å². The summed E-state index contributed by atoms with van der Waals surface area (Å²) in [5, 5.41) is 2.96. The molecular formula is C20H31N3O4S. The minimum Gasteiger partial charge on any atom is -0.494 e. The number of ether oxygens (including phenoxy) is 1. The highest BCUT2D eigenvalue weighted by molar-refractivity contribution is 7.86. The molecule has 2 fully saturated rings. The van der Waals surface area contributed by atoms with Gasteiger partial charge in [0, 0.05) is 32.7 Å². The Bertz CT molecular complexity index is 745. The minimum atomic E-state index is -3.46. The third-order valence-corrected chi connectivity index (χ3v) is 7.43. The molecule has 1 aromatic carbocycles. The molecule has 2 saturated heterocycles. The van der Waals surface area contributed by atoms with E-state index in [1.54, 1.807) is 4.31 Å². The molecule has 0 saturated carbocycles. The Labute approximate surface area is 168 Å². The van der Waals surface area contributed by atoms with E-state index >= 15 is 0 Å². The molecule has 0 bridgehead atoms. The van der Waals surface area contributed by atoms with E-state index in [-0.39, 0.29) is 18.4 Å². The smallest absolute Gasteiger partial charge is 0.281 e. The molecule has 2 heterocycles. The van der Waals surface area contributed by atoms with Gasteiger partial charge in [-0.25, -0.2) is 0 Å². The summed E-state index contributed by atoms with van der Waals surface area (Å²) in [5.74, 6) is 0.437. The molecule has 1 aromatic rings. The zero-order valence-corrected chi connectivity index (χ0v) is 17.4. The Morgan fingerprint density at radius 2 is 1.75 bits per heavy atom. The Balaban J connectivity index is 1.53. The number of nitrogens with one attached hydrogen (secondary N) is 1. The second-order valence-electron chi connectivity index (χ2n) is 7.46. The summed E-state index contributed by atoms with van der Waals surface area (Å²) in [6.45, 7) is 4.94. The van der Waals surface area contributed by atoms with Crippen molar-refractivity contribution in [2.45, 2.75) is 45.6 Å². The molecule has 0 aliphatic carbocycles. The van der Waals surface area contributed by atoms with Crippen molar-refractivity contribution in [1.29, 1.82) is 0 Å².